The second kappa shape index (κ2) is 23.3. The smallest absolute Gasteiger partial charge is 0.340 e. The molecule has 0 unspecified atom stereocenters. The van der Waals surface area contributed by atoms with Gasteiger partial charge in [-0.15, -0.1) is 0 Å². The molecule has 0 saturated heterocycles. The van der Waals surface area contributed by atoms with Crippen molar-refractivity contribution in [2.75, 3.05) is 21.1 Å². The number of anilines is 2. The van der Waals surface area contributed by atoms with Crippen LogP contribution in [0.5, 0.6) is 0 Å². The first kappa shape index (κ1) is 63.4. The van der Waals surface area contributed by atoms with Crippen LogP contribution in [0.15, 0.2) is 101 Å². The third kappa shape index (κ3) is 12.6. The molecular weight excluding hydrogens is 1120 g/mol. The van der Waals surface area contributed by atoms with Gasteiger partial charge in [-0.25, -0.2) is 26.4 Å². The quantitative estimate of drug-likeness (QED) is 0.114. The van der Waals surface area contributed by atoms with Crippen molar-refractivity contribution in [1.29, 1.82) is 0 Å². The molecule has 0 aliphatic carbocycles. The van der Waals surface area contributed by atoms with E-state index in [0.29, 0.717) is 95.0 Å². The molecular formula is C67H78N4O12S2. The Morgan fingerprint density at radius 1 is 0.529 bits per heavy atom. The Balaban J connectivity index is 0.000000224. The second-order valence-electron chi connectivity index (χ2n) is 24.5. The van der Waals surface area contributed by atoms with E-state index in [-0.39, 0.29) is 30.8 Å². The molecule has 5 aromatic carbocycles. The topological polar surface area (TPSA) is 201 Å². The normalized spacial score (nSPS) is 13.9. The standard InChI is InChI=1S/C37H42N2O6S.C30H36N2O6S/c1-22-15-17-27(18-16-22)29-24(3)30-32-28(19-23(2)38(8)35(32)40)20-39(46(9,42)43)33(30)25(4)31(29)34(45-37(5,6)7)36(41)44-21-26-13-11-10-12-14-26;1-16-10-12-20(13-11-16)22-18(3)23-25-21(14-17(2)31(8)28(25)33)15-32(39(9,36)37)26(23)19(4)24(22)27(29(34)35)38-30(5,6)7/h10-19,34H,20-21H2,1-9H3;10-14,27H,15H2,1-9H3,(H,34,35)/t34-;27-/m00/s1. The first-order valence-corrected chi connectivity index (χ1v) is 31.7. The summed E-state index contributed by atoms with van der Waals surface area (Å²) >= 11 is 0. The van der Waals surface area contributed by atoms with Gasteiger partial charge in [-0.3, -0.25) is 18.2 Å². The van der Waals surface area contributed by atoms with Gasteiger partial charge in [-0.1, -0.05) is 90.0 Å². The lowest BCUT2D eigenvalue weighted by Crippen LogP contribution is -2.37. The Morgan fingerprint density at radius 3 is 1.25 bits per heavy atom. The Morgan fingerprint density at radius 2 is 0.894 bits per heavy atom. The summed E-state index contributed by atoms with van der Waals surface area (Å²) in [6.45, 7) is 25.8. The summed E-state index contributed by atoms with van der Waals surface area (Å²) in [6, 6.07) is 28.7. The minimum Gasteiger partial charge on any atom is -0.479 e. The molecule has 9 rings (SSSR count). The zero-order valence-electron chi connectivity index (χ0n) is 52.0. The highest BCUT2D eigenvalue weighted by molar-refractivity contribution is 7.92. The average molecular weight is 1200 g/mol. The van der Waals surface area contributed by atoms with Crippen LogP contribution in [0, 0.1) is 55.4 Å². The number of fused-ring (bicyclic) bond motifs is 6. The summed E-state index contributed by atoms with van der Waals surface area (Å²) in [5, 5.41) is 10.4. The van der Waals surface area contributed by atoms with Crippen molar-refractivity contribution in [3.8, 4) is 44.5 Å². The number of hydrogen-bond acceptors (Lipinski definition) is 11. The fraction of sp³-hybridized carbons (Fsp3) is 0.373. The predicted molar refractivity (Wildman–Crippen MR) is 336 cm³/mol. The van der Waals surface area contributed by atoms with E-state index >= 15 is 0 Å². The summed E-state index contributed by atoms with van der Waals surface area (Å²) in [6.07, 6.45) is -0.296. The van der Waals surface area contributed by atoms with Crippen LogP contribution in [-0.2, 0) is 77.6 Å². The van der Waals surface area contributed by atoms with E-state index in [1.807, 2.05) is 153 Å². The maximum Gasteiger partial charge on any atom is 0.340 e. The Bertz CT molecular complexity index is 4190. The molecule has 2 atom stereocenters. The lowest BCUT2D eigenvalue weighted by Gasteiger charge is -2.37. The van der Waals surface area contributed by atoms with E-state index in [1.165, 1.54) is 8.61 Å². The van der Waals surface area contributed by atoms with Crippen LogP contribution in [0.2, 0.25) is 0 Å². The molecule has 4 heterocycles. The summed E-state index contributed by atoms with van der Waals surface area (Å²) in [5.41, 5.74) is 12.2. The van der Waals surface area contributed by atoms with Crippen LogP contribution < -0.4 is 19.7 Å². The van der Waals surface area contributed by atoms with Gasteiger partial charge < -0.3 is 28.5 Å². The van der Waals surface area contributed by atoms with Gasteiger partial charge in [-0.05, 0) is 170 Å². The summed E-state index contributed by atoms with van der Waals surface area (Å²) in [5.74, 6) is -1.78. The molecule has 1 N–H and O–H groups in total. The minimum absolute atomic E-state index is 0.00899. The number of pyridine rings is 2. The number of benzene rings is 5. The highest BCUT2D eigenvalue weighted by Crippen LogP contribution is 2.53. The Kier molecular flexibility index (Phi) is 17.4. The number of carbonyl (C=O) groups excluding carboxylic acids is 1. The van der Waals surface area contributed by atoms with Gasteiger partial charge in [0.1, 0.15) is 6.61 Å². The molecule has 0 amide bonds. The van der Waals surface area contributed by atoms with E-state index in [4.69, 9.17) is 14.2 Å². The molecule has 0 fully saturated rings. The van der Waals surface area contributed by atoms with E-state index in [1.54, 1.807) is 57.8 Å². The van der Waals surface area contributed by atoms with Gasteiger partial charge in [0, 0.05) is 47.7 Å². The van der Waals surface area contributed by atoms with Crippen molar-refractivity contribution in [1.82, 2.24) is 9.13 Å². The zero-order valence-corrected chi connectivity index (χ0v) is 53.6. The maximum atomic E-state index is 14.1. The highest BCUT2D eigenvalue weighted by Gasteiger charge is 2.42. The molecule has 450 valence electrons. The van der Waals surface area contributed by atoms with Crippen LogP contribution in [0.25, 0.3) is 44.5 Å². The molecule has 2 aromatic heterocycles. The number of carbonyl (C=O) groups is 2. The number of esters is 1. The Labute approximate surface area is 499 Å². The van der Waals surface area contributed by atoms with Gasteiger partial charge in [0.25, 0.3) is 11.1 Å². The third-order valence-corrected chi connectivity index (χ3v) is 18.0. The lowest BCUT2D eigenvalue weighted by atomic mass is 9.80. The van der Waals surface area contributed by atoms with Crippen molar-refractivity contribution in [3.63, 3.8) is 0 Å². The number of rotatable bonds is 12. The molecule has 0 bridgehead atoms. The number of aliphatic carboxylic acids is 1. The first-order valence-electron chi connectivity index (χ1n) is 28.1. The molecule has 2 aliphatic rings. The van der Waals surface area contributed by atoms with Crippen molar-refractivity contribution in [2.45, 2.75) is 140 Å². The number of aromatic nitrogens is 2. The third-order valence-electron chi connectivity index (χ3n) is 15.8. The van der Waals surface area contributed by atoms with E-state index in [2.05, 4.69) is 0 Å². The van der Waals surface area contributed by atoms with Gasteiger partial charge in [0.2, 0.25) is 20.0 Å². The second-order valence-corrected chi connectivity index (χ2v) is 28.4. The molecule has 0 spiro atoms. The van der Waals surface area contributed by atoms with Gasteiger partial charge >= 0.3 is 11.9 Å². The molecule has 18 heteroatoms. The van der Waals surface area contributed by atoms with Crippen LogP contribution in [0.3, 0.4) is 0 Å². The number of carboxylic acids is 1. The minimum atomic E-state index is -3.82. The lowest BCUT2D eigenvalue weighted by molar-refractivity contribution is -0.168. The summed E-state index contributed by atoms with van der Waals surface area (Å²) in [4.78, 5) is 54.5. The largest absolute Gasteiger partial charge is 0.479 e. The van der Waals surface area contributed by atoms with Gasteiger partial charge in [0.05, 0.1) is 59.3 Å². The highest BCUT2D eigenvalue weighted by atomic mass is 32.2. The van der Waals surface area contributed by atoms with Crippen molar-refractivity contribution in [2.24, 2.45) is 14.1 Å². The monoisotopic (exact) mass is 1190 g/mol. The molecule has 7 aromatic rings. The fourth-order valence-corrected chi connectivity index (χ4v) is 13.5. The van der Waals surface area contributed by atoms with E-state index in [0.717, 1.165) is 46.0 Å². The van der Waals surface area contributed by atoms with Crippen LogP contribution in [-0.4, -0.2) is 66.7 Å². The van der Waals surface area contributed by atoms with E-state index in [9.17, 15) is 41.1 Å². The number of nitrogens with zero attached hydrogens (tertiary/aromatic N) is 4. The van der Waals surface area contributed by atoms with Crippen molar-refractivity contribution < 1.29 is 45.7 Å². The predicted octanol–water partition coefficient (Wildman–Crippen LogP) is 12.0. The molecule has 2 aliphatic heterocycles. The van der Waals surface area contributed by atoms with Crippen LogP contribution in [0.4, 0.5) is 11.4 Å². The molecule has 0 radical (unpaired) electrons. The van der Waals surface area contributed by atoms with Crippen molar-refractivity contribution >= 4 is 43.4 Å². The SMILES string of the molecule is Cc1ccc(-c2c(C)c3c(c(C)c2[C@H](OC(C)(C)C)C(=O)O)N(S(C)(=O)=O)Cc2cc(C)n(C)c(=O)c2-3)cc1.Cc1ccc(-c2c(C)c3c(c(C)c2[C@H](OC(C)(C)C)C(=O)OCc2ccccc2)N(S(C)(=O)=O)Cc2cc(C)n(C)c(=O)c2-3)cc1. The number of carboxylic acid groups (broad SMARTS) is 1. The number of aryl methyl sites for hydroxylation is 4. The first-order chi connectivity index (χ1) is 39.4. The number of hydrogen-bond donors (Lipinski definition) is 1. The fourth-order valence-electron chi connectivity index (χ4n) is 11.6. The molecule has 85 heavy (non-hydrogen) atoms. The average Bonchev–Trinajstić information content (AvgIpc) is 3.06. The van der Waals surface area contributed by atoms with Crippen LogP contribution >= 0.6 is 0 Å². The summed E-state index contributed by atoms with van der Waals surface area (Å²) < 4.78 is 77.6. The summed E-state index contributed by atoms with van der Waals surface area (Å²) in [7, 11) is -4.21. The van der Waals surface area contributed by atoms with E-state index < -0.39 is 55.4 Å². The maximum absolute atomic E-state index is 14.1. The van der Waals surface area contributed by atoms with Crippen molar-refractivity contribution in [3.05, 3.63) is 184 Å². The molecule has 0 saturated carbocycles. The van der Waals surface area contributed by atoms with Gasteiger partial charge in [-0.2, -0.15) is 0 Å². The zero-order chi connectivity index (χ0) is 62.9. The molecule has 16 nitrogen and oxygen atoms in total. The van der Waals surface area contributed by atoms with Gasteiger partial charge in [0.15, 0.2) is 12.2 Å². The number of ether oxygens (including phenoxy) is 3. The number of sulfonamides is 2. The Hall–Kier alpha value is -7.64. The van der Waals surface area contributed by atoms with Crippen LogP contribution in [0.1, 0.15) is 126 Å².